The summed E-state index contributed by atoms with van der Waals surface area (Å²) in [5.74, 6) is 0.0218. The van der Waals surface area contributed by atoms with E-state index in [-0.39, 0.29) is 17.8 Å². The number of amides is 3. The van der Waals surface area contributed by atoms with Crippen molar-refractivity contribution in [3.05, 3.63) is 65.5 Å². The smallest absolute Gasteiger partial charge is 0.321 e. The fraction of sp³-hybridized carbons (Fsp3) is 0.391. The number of likely N-dealkylation sites (tertiary alicyclic amines) is 1. The van der Waals surface area contributed by atoms with E-state index >= 15 is 0 Å². The highest BCUT2D eigenvalue weighted by molar-refractivity contribution is 5.89. The van der Waals surface area contributed by atoms with Gasteiger partial charge >= 0.3 is 6.03 Å². The minimum absolute atomic E-state index is 0.0411. The molecule has 3 amide bonds. The van der Waals surface area contributed by atoms with Gasteiger partial charge in [0.1, 0.15) is 5.82 Å². The summed E-state index contributed by atoms with van der Waals surface area (Å²) in [5, 5.41) is 5.78. The van der Waals surface area contributed by atoms with Crippen LogP contribution in [0.5, 0.6) is 0 Å². The Morgan fingerprint density at radius 3 is 2.72 bits per heavy atom. The molecule has 2 N–H and O–H groups in total. The summed E-state index contributed by atoms with van der Waals surface area (Å²) in [4.78, 5) is 26.4. The van der Waals surface area contributed by atoms with Gasteiger partial charge in [-0.2, -0.15) is 0 Å². The predicted molar refractivity (Wildman–Crippen MR) is 112 cm³/mol. The van der Waals surface area contributed by atoms with Gasteiger partial charge in [-0.3, -0.25) is 4.79 Å². The van der Waals surface area contributed by atoms with Gasteiger partial charge in [0, 0.05) is 31.7 Å². The quantitative estimate of drug-likeness (QED) is 0.755. The van der Waals surface area contributed by atoms with Crippen LogP contribution in [0.25, 0.3) is 0 Å². The number of piperidine rings is 1. The molecule has 5 nitrogen and oxygen atoms in total. The number of carbonyl (C=O) groups is 2. The maximum absolute atomic E-state index is 13.0. The number of nitrogens with zero attached hydrogens (tertiary/aromatic N) is 1. The third kappa shape index (κ3) is 6.59. The monoisotopic (exact) mass is 397 g/mol. The lowest BCUT2D eigenvalue weighted by Crippen LogP contribution is -2.42. The molecule has 3 rings (SSSR count). The fourth-order valence-electron chi connectivity index (χ4n) is 3.67. The Morgan fingerprint density at radius 1 is 1.17 bits per heavy atom. The van der Waals surface area contributed by atoms with Crippen LogP contribution in [0.3, 0.4) is 0 Å². The Labute approximate surface area is 171 Å². The Bertz CT molecular complexity index is 838. The van der Waals surface area contributed by atoms with Crippen LogP contribution in [0.4, 0.5) is 14.9 Å². The Balaban J connectivity index is 1.41. The predicted octanol–water partition coefficient (Wildman–Crippen LogP) is 4.47. The molecule has 1 heterocycles. The molecule has 1 atom stereocenters. The molecule has 2 aromatic carbocycles. The average Bonchev–Trinajstić information content (AvgIpc) is 2.72. The van der Waals surface area contributed by atoms with Crippen molar-refractivity contribution in [2.24, 2.45) is 5.92 Å². The first-order valence-corrected chi connectivity index (χ1v) is 10.1. The van der Waals surface area contributed by atoms with E-state index in [1.165, 1.54) is 17.7 Å². The topological polar surface area (TPSA) is 61.4 Å². The van der Waals surface area contributed by atoms with E-state index in [9.17, 15) is 14.0 Å². The average molecular weight is 397 g/mol. The minimum Gasteiger partial charge on any atom is -0.352 e. The molecular formula is C23H28FN3O2. The van der Waals surface area contributed by atoms with E-state index in [1.54, 1.807) is 17.0 Å². The number of halogens is 1. The molecule has 2 aromatic rings. The number of nitrogens with one attached hydrogen (secondary N) is 2. The van der Waals surface area contributed by atoms with Crippen molar-refractivity contribution in [2.75, 3.05) is 18.4 Å². The lowest BCUT2D eigenvalue weighted by Gasteiger charge is -2.32. The number of hydrogen-bond donors (Lipinski definition) is 2. The molecule has 154 valence electrons. The van der Waals surface area contributed by atoms with Gasteiger partial charge in [-0.05, 0) is 61.9 Å². The van der Waals surface area contributed by atoms with Crippen molar-refractivity contribution < 1.29 is 14.0 Å². The second-order valence-corrected chi connectivity index (χ2v) is 7.70. The lowest BCUT2D eigenvalue weighted by atomic mass is 9.93. The third-order valence-electron chi connectivity index (χ3n) is 5.25. The second kappa shape index (κ2) is 10.0. The van der Waals surface area contributed by atoms with Gasteiger partial charge in [0.05, 0.1) is 0 Å². The molecule has 0 aliphatic carbocycles. The Hall–Kier alpha value is -2.89. The Morgan fingerprint density at radius 2 is 1.97 bits per heavy atom. The van der Waals surface area contributed by atoms with Gasteiger partial charge in [-0.1, -0.05) is 29.8 Å². The van der Waals surface area contributed by atoms with Gasteiger partial charge in [0.15, 0.2) is 0 Å². The van der Waals surface area contributed by atoms with Crippen LogP contribution in [-0.4, -0.2) is 29.9 Å². The van der Waals surface area contributed by atoms with E-state index in [1.807, 2.05) is 25.1 Å². The summed E-state index contributed by atoms with van der Waals surface area (Å²) < 4.78 is 13.0. The summed E-state index contributed by atoms with van der Waals surface area (Å²) in [5.41, 5.74) is 2.85. The SMILES string of the molecule is Cc1cccc(CNC(=O)CC[C@@H]2CCCN(C(=O)Nc3ccc(F)cc3)C2)c1. The highest BCUT2D eigenvalue weighted by Gasteiger charge is 2.24. The van der Waals surface area contributed by atoms with Crippen molar-refractivity contribution in [3.8, 4) is 0 Å². The number of aryl methyl sites for hydroxylation is 1. The zero-order chi connectivity index (χ0) is 20.6. The van der Waals surface area contributed by atoms with E-state index in [0.29, 0.717) is 37.7 Å². The Kier molecular flexibility index (Phi) is 7.22. The van der Waals surface area contributed by atoms with Crippen molar-refractivity contribution in [1.82, 2.24) is 10.2 Å². The number of anilines is 1. The maximum Gasteiger partial charge on any atom is 0.321 e. The summed E-state index contributed by atoms with van der Waals surface area (Å²) >= 11 is 0. The van der Waals surface area contributed by atoms with Gasteiger partial charge in [-0.25, -0.2) is 9.18 Å². The van der Waals surface area contributed by atoms with Crippen molar-refractivity contribution in [2.45, 2.75) is 39.2 Å². The lowest BCUT2D eigenvalue weighted by molar-refractivity contribution is -0.121. The molecular weight excluding hydrogens is 369 g/mol. The van der Waals surface area contributed by atoms with Gasteiger partial charge in [0.2, 0.25) is 5.91 Å². The molecule has 0 radical (unpaired) electrons. The molecule has 6 heteroatoms. The van der Waals surface area contributed by atoms with Crippen molar-refractivity contribution in [1.29, 1.82) is 0 Å². The first kappa shape index (κ1) is 20.8. The molecule has 1 aliphatic rings. The van der Waals surface area contributed by atoms with Crippen molar-refractivity contribution >= 4 is 17.6 Å². The highest BCUT2D eigenvalue weighted by Crippen LogP contribution is 2.22. The van der Waals surface area contributed by atoms with Gasteiger partial charge in [-0.15, -0.1) is 0 Å². The fourth-order valence-corrected chi connectivity index (χ4v) is 3.67. The van der Waals surface area contributed by atoms with Crippen LogP contribution in [0.2, 0.25) is 0 Å². The minimum atomic E-state index is -0.332. The van der Waals surface area contributed by atoms with E-state index in [2.05, 4.69) is 16.7 Å². The zero-order valence-corrected chi connectivity index (χ0v) is 16.8. The van der Waals surface area contributed by atoms with Gasteiger partial charge < -0.3 is 15.5 Å². The maximum atomic E-state index is 13.0. The number of hydrogen-bond acceptors (Lipinski definition) is 2. The summed E-state index contributed by atoms with van der Waals surface area (Å²) in [7, 11) is 0. The third-order valence-corrected chi connectivity index (χ3v) is 5.25. The number of urea groups is 1. The summed E-state index contributed by atoms with van der Waals surface area (Å²) in [6, 6.07) is 13.7. The van der Waals surface area contributed by atoms with E-state index in [4.69, 9.17) is 0 Å². The zero-order valence-electron chi connectivity index (χ0n) is 16.8. The highest BCUT2D eigenvalue weighted by atomic mass is 19.1. The standard InChI is InChI=1S/C23H28FN3O2/c1-17-4-2-5-19(14-17)15-25-22(28)12-7-18-6-3-13-27(16-18)23(29)26-21-10-8-20(24)9-11-21/h2,4-5,8-11,14,18H,3,6-7,12-13,15-16H2,1H3,(H,25,28)(H,26,29)/t18-/m0/s1. The van der Waals surface area contributed by atoms with Crippen LogP contribution < -0.4 is 10.6 Å². The molecule has 29 heavy (non-hydrogen) atoms. The van der Waals surface area contributed by atoms with Crippen molar-refractivity contribution in [3.63, 3.8) is 0 Å². The van der Waals surface area contributed by atoms with Crippen LogP contribution in [0.1, 0.15) is 36.8 Å². The summed E-state index contributed by atoms with van der Waals surface area (Å²) in [6.07, 6.45) is 3.17. The van der Waals surface area contributed by atoms with E-state index < -0.39 is 0 Å². The summed E-state index contributed by atoms with van der Waals surface area (Å²) in [6.45, 7) is 3.91. The molecule has 0 bridgehead atoms. The van der Waals surface area contributed by atoms with E-state index in [0.717, 1.165) is 24.8 Å². The molecule has 0 saturated carbocycles. The molecule has 0 unspecified atom stereocenters. The first-order chi connectivity index (χ1) is 14.0. The van der Waals surface area contributed by atoms with Crippen LogP contribution in [0.15, 0.2) is 48.5 Å². The normalized spacial score (nSPS) is 16.3. The molecule has 1 fully saturated rings. The molecule has 0 spiro atoms. The largest absolute Gasteiger partial charge is 0.352 e. The molecule has 1 aliphatic heterocycles. The van der Waals surface area contributed by atoms with Crippen LogP contribution in [0, 0.1) is 18.7 Å². The second-order valence-electron chi connectivity index (χ2n) is 7.70. The van der Waals surface area contributed by atoms with Crippen LogP contribution in [-0.2, 0) is 11.3 Å². The van der Waals surface area contributed by atoms with Gasteiger partial charge in [0.25, 0.3) is 0 Å². The number of carbonyl (C=O) groups excluding carboxylic acids is 2. The first-order valence-electron chi connectivity index (χ1n) is 10.1. The molecule has 0 aromatic heterocycles. The number of benzene rings is 2. The molecule has 1 saturated heterocycles. The number of rotatable bonds is 6. The van der Waals surface area contributed by atoms with Crippen LogP contribution >= 0.6 is 0 Å².